The van der Waals surface area contributed by atoms with E-state index in [-0.39, 0.29) is 13.0 Å². The Hall–Kier alpha value is -2.12. The molecule has 1 amide bonds. The van der Waals surface area contributed by atoms with E-state index in [4.69, 9.17) is 14.2 Å². The number of allylic oxidation sites excluding steroid dienone is 5. The molecule has 6 N–H and O–H groups in total. The van der Waals surface area contributed by atoms with Crippen LogP contribution in [0.1, 0.15) is 374 Å². The lowest BCUT2D eigenvalue weighted by atomic mass is 9.99. The second-order valence-electron chi connectivity index (χ2n) is 26.4. The van der Waals surface area contributed by atoms with Gasteiger partial charge in [-0.05, 0) is 77.0 Å². The number of rotatable bonds is 66. The third-order valence-corrected chi connectivity index (χ3v) is 18.0. The lowest BCUT2D eigenvalue weighted by Crippen LogP contribution is -2.61. The van der Waals surface area contributed by atoms with Crippen molar-refractivity contribution in [2.75, 3.05) is 13.2 Å². The van der Waals surface area contributed by atoms with Gasteiger partial charge >= 0.3 is 5.97 Å². The number of aliphatic hydroxyl groups is 5. The van der Waals surface area contributed by atoms with Crippen LogP contribution in [0.15, 0.2) is 36.5 Å². The Bertz CT molecular complexity index is 1560. The summed E-state index contributed by atoms with van der Waals surface area (Å²) in [6.07, 6.45) is 69.0. The van der Waals surface area contributed by atoms with Gasteiger partial charge in [0.15, 0.2) is 12.4 Å². The van der Waals surface area contributed by atoms with Crippen LogP contribution in [-0.4, -0.2) is 99.6 Å². The summed E-state index contributed by atoms with van der Waals surface area (Å²) in [6, 6.07) is -1.02. The molecule has 8 unspecified atom stereocenters. The first kappa shape index (κ1) is 82.9. The maximum absolute atomic E-state index is 13.5. The van der Waals surface area contributed by atoms with Gasteiger partial charge in [0.05, 0.1) is 25.4 Å². The average Bonchev–Trinajstić information content (AvgIpc) is 2.32. The van der Waals surface area contributed by atoms with Gasteiger partial charge in [0.2, 0.25) is 5.91 Å². The Labute approximate surface area is 536 Å². The zero-order chi connectivity index (χ0) is 63.1. The Balaban J connectivity index is 2.55. The van der Waals surface area contributed by atoms with E-state index in [2.05, 4.69) is 50.4 Å². The molecule has 512 valence electrons. The summed E-state index contributed by atoms with van der Waals surface area (Å²) in [4.78, 5) is 26.7. The Kier molecular flexibility index (Phi) is 61.0. The van der Waals surface area contributed by atoms with E-state index in [1.807, 2.05) is 6.08 Å². The Morgan fingerprint density at radius 2 is 0.759 bits per heavy atom. The highest BCUT2D eigenvalue weighted by atomic mass is 16.7. The van der Waals surface area contributed by atoms with Crippen molar-refractivity contribution in [1.82, 2.24) is 5.32 Å². The number of carbonyl (C=O) groups is 2. The molecule has 0 aliphatic carbocycles. The topological polar surface area (TPSA) is 175 Å². The number of nitrogens with one attached hydrogen (secondary N) is 1. The molecule has 1 rings (SSSR count). The van der Waals surface area contributed by atoms with Crippen LogP contribution in [0.3, 0.4) is 0 Å². The number of unbranched alkanes of at least 4 members (excludes halogenated alkanes) is 48. The van der Waals surface area contributed by atoms with Gasteiger partial charge < -0.3 is 45.1 Å². The smallest absolute Gasteiger partial charge is 0.306 e. The van der Waals surface area contributed by atoms with Gasteiger partial charge in [0, 0.05) is 6.42 Å². The molecule has 1 fully saturated rings. The highest BCUT2D eigenvalue weighted by Crippen LogP contribution is 2.27. The predicted molar refractivity (Wildman–Crippen MR) is 366 cm³/mol. The monoisotopic (exact) mass is 1230 g/mol. The van der Waals surface area contributed by atoms with Gasteiger partial charge in [-0.15, -0.1) is 0 Å². The molecule has 0 bridgehead atoms. The lowest BCUT2D eigenvalue weighted by Gasteiger charge is -2.41. The largest absolute Gasteiger partial charge is 0.454 e. The molecule has 8 atom stereocenters. The molecule has 0 spiro atoms. The summed E-state index contributed by atoms with van der Waals surface area (Å²) < 4.78 is 17.7. The second kappa shape index (κ2) is 64.0. The number of aliphatic hydroxyl groups excluding tert-OH is 5. The number of ether oxygens (including phenoxy) is 3. The Morgan fingerprint density at radius 1 is 0.437 bits per heavy atom. The summed E-state index contributed by atoms with van der Waals surface area (Å²) in [5.41, 5.74) is 0. The first-order valence-electron chi connectivity index (χ1n) is 37.8. The molecule has 0 radical (unpaired) electrons. The standard InChI is InChI=1S/C76H143NO10/c1-4-7-10-13-16-19-22-25-27-29-31-33-35-37-39-41-43-46-49-52-55-58-61-64-71(81)87-74-73(83)72(82)70(65-78)86-76(74)85-66-67(68(79)62-59-56-53-50-47-44-24-21-18-15-12-9-6-3)77-75(84)69(80)63-60-57-54-51-48-45-42-40-38-36-34-32-30-28-26-23-20-17-14-11-8-5-2/h25-28,59,62,67-70,72-74,76,78-80,82-83H,4-24,29-58,60-61,63-66H2,1-3H3,(H,77,84)/b27-25+,28-26+,62-59+. The van der Waals surface area contributed by atoms with E-state index in [0.717, 1.165) is 57.8 Å². The fraction of sp³-hybridized carbons (Fsp3) is 0.895. The van der Waals surface area contributed by atoms with Gasteiger partial charge in [-0.3, -0.25) is 9.59 Å². The lowest BCUT2D eigenvalue weighted by molar-refractivity contribution is -0.305. The van der Waals surface area contributed by atoms with Crippen LogP contribution < -0.4 is 5.32 Å². The molecular weight excluding hydrogens is 1090 g/mol. The number of hydrogen-bond donors (Lipinski definition) is 6. The fourth-order valence-corrected chi connectivity index (χ4v) is 12.1. The predicted octanol–water partition coefficient (Wildman–Crippen LogP) is 19.7. The molecule has 11 nitrogen and oxygen atoms in total. The highest BCUT2D eigenvalue weighted by Gasteiger charge is 2.47. The normalized spacial score (nSPS) is 18.4. The first-order valence-corrected chi connectivity index (χ1v) is 37.8. The van der Waals surface area contributed by atoms with Crippen molar-refractivity contribution in [3.8, 4) is 0 Å². The van der Waals surface area contributed by atoms with Crippen LogP contribution in [0.25, 0.3) is 0 Å². The SMILES string of the molecule is CCCCCCCC/C=C/CCCCCCCCCCCCCCCC(=O)OC1C(OCC(NC(=O)C(O)CCCCCCCCCCCCCC/C=C/CCCCCCCC)C(O)/C=C/CCCCCCCCCCCCC)OC(CO)C(O)C1O. The molecule has 1 aliphatic rings. The zero-order valence-electron chi connectivity index (χ0n) is 57.2. The number of hydrogen-bond acceptors (Lipinski definition) is 10. The first-order chi connectivity index (χ1) is 42.7. The summed E-state index contributed by atoms with van der Waals surface area (Å²) in [5.74, 6) is -1.18. The average molecular weight is 1230 g/mol. The van der Waals surface area contributed by atoms with E-state index < -0.39 is 67.4 Å². The van der Waals surface area contributed by atoms with Crippen LogP contribution in [0.5, 0.6) is 0 Å². The van der Waals surface area contributed by atoms with E-state index in [1.165, 1.54) is 270 Å². The van der Waals surface area contributed by atoms with Crippen molar-refractivity contribution < 1.29 is 49.3 Å². The summed E-state index contributed by atoms with van der Waals surface area (Å²) in [7, 11) is 0. The minimum atomic E-state index is -1.61. The molecule has 0 aromatic heterocycles. The van der Waals surface area contributed by atoms with Gasteiger partial charge in [-0.1, -0.05) is 327 Å². The number of amides is 1. The maximum atomic E-state index is 13.5. The molecule has 0 aromatic rings. The molecule has 1 saturated heterocycles. The van der Waals surface area contributed by atoms with E-state index in [1.54, 1.807) is 6.08 Å². The van der Waals surface area contributed by atoms with Crippen molar-refractivity contribution >= 4 is 11.9 Å². The van der Waals surface area contributed by atoms with E-state index in [9.17, 15) is 35.1 Å². The van der Waals surface area contributed by atoms with Crippen LogP contribution in [0, 0.1) is 0 Å². The fourth-order valence-electron chi connectivity index (χ4n) is 12.1. The summed E-state index contributed by atoms with van der Waals surface area (Å²) in [6.45, 7) is 5.85. The van der Waals surface area contributed by atoms with Crippen LogP contribution >= 0.6 is 0 Å². The number of esters is 1. The molecular formula is C76H143NO10. The number of carbonyl (C=O) groups excluding carboxylic acids is 2. The van der Waals surface area contributed by atoms with Gasteiger partial charge in [-0.2, -0.15) is 0 Å². The zero-order valence-corrected chi connectivity index (χ0v) is 57.2. The van der Waals surface area contributed by atoms with Crippen LogP contribution in [0.4, 0.5) is 0 Å². The van der Waals surface area contributed by atoms with E-state index in [0.29, 0.717) is 19.3 Å². The van der Waals surface area contributed by atoms with Crippen molar-refractivity contribution in [2.24, 2.45) is 0 Å². The van der Waals surface area contributed by atoms with Crippen LogP contribution in [-0.2, 0) is 23.8 Å². The highest BCUT2D eigenvalue weighted by molar-refractivity contribution is 5.80. The quantitative estimate of drug-likeness (QED) is 0.0195. The van der Waals surface area contributed by atoms with Crippen molar-refractivity contribution in [3.05, 3.63) is 36.5 Å². The summed E-state index contributed by atoms with van der Waals surface area (Å²) >= 11 is 0. The molecule has 11 heteroatoms. The molecule has 87 heavy (non-hydrogen) atoms. The third-order valence-electron chi connectivity index (χ3n) is 18.0. The minimum Gasteiger partial charge on any atom is -0.454 e. The van der Waals surface area contributed by atoms with Gasteiger partial charge in [-0.25, -0.2) is 0 Å². The third kappa shape index (κ3) is 51.1. The van der Waals surface area contributed by atoms with Gasteiger partial charge in [0.1, 0.15) is 24.4 Å². The van der Waals surface area contributed by atoms with Crippen molar-refractivity contribution in [2.45, 2.75) is 423 Å². The van der Waals surface area contributed by atoms with E-state index >= 15 is 0 Å². The van der Waals surface area contributed by atoms with Crippen LogP contribution in [0.2, 0.25) is 0 Å². The van der Waals surface area contributed by atoms with Crippen molar-refractivity contribution in [1.29, 1.82) is 0 Å². The Morgan fingerprint density at radius 3 is 1.11 bits per heavy atom. The van der Waals surface area contributed by atoms with Gasteiger partial charge in [0.25, 0.3) is 0 Å². The molecule has 0 aromatic carbocycles. The second-order valence-corrected chi connectivity index (χ2v) is 26.4. The molecule has 1 aliphatic heterocycles. The summed E-state index contributed by atoms with van der Waals surface area (Å²) in [5, 5.41) is 57.4. The minimum absolute atomic E-state index is 0.127. The molecule has 1 heterocycles. The maximum Gasteiger partial charge on any atom is 0.306 e. The van der Waals surface area contributed by atoms with Crippen molar-refractivity contribution in [3.63, 3.8) is 0 Å². The molecule has 0 saturated carbocycles.